The number of nitrogens with zero attached hydrogens (tertiary/aromatic N) is 5. The van der Waals surface area contributed by atoms with Crippen molar-refractivity contribution in [1.82, 2.24) is 25.1 Å². The Morgan fingerprint density at radius 2 is 1.94 bits per heavy atom. The molecule has 1 rings (SSSR count). The first-order valence-electron chi connectivity index (χ1n) is 6.63. The van der Waals surface area contributed by atoms with E-state index in [0.717, 1.165) is 19.5 Å². The number of hydrogen-bond donors (Lipinski definition) is 1. The van der Waals surface area contributed by atoms with E-state index in [1.54, 1.807) is 7.05 Å². The summed E-state index contributed by atoms with van der Waals surface area (Å²) in [5, 5.41) is 22.4. The predicted octanol–water partition coefficient (Wildman–Crippen LogP) is 0.624. The standard InChI is InChI=1S/C12H25N5O/c1-6-12(4,17(7-2)8-3)10(18)9-11-13-15-16(5)14-11/h10,18H,6-9H2,1-5H3. The molecule has 1 N–H and O–H groups in total. The summed E-state index contributed by atoms with van der Waals surface area (Å²) in [5.74, 6) is 0.594. The van der Waals surface area contributed by atoms with Crippen molar-refractivity contribution in [3.05, 3.63) is 5.82 Å². The van der Waals surface area contributed by atoms with Gasteiger partial charge in [-0.15, -0.1) is 10.2 Å². The minimum absolute atomic E-state index is 0.247. The molecule has 18 heavy (non-hydrogen) atoms. The minimum Gasteiger partial charge on any atom is -0.391 e. The van der Waals surface area contributed by atoms with Gasteiger partial charge in [0.05, 0.1) is 13.2 Å². The van der Waals surface area contributed by atoms with Crippen molar-refractivity contribution < 1.29 is 5.11 Å². The molecule has 0 saturated heterocycles. The summed E-state index contributed by atoms with van der Waals surface area (Å²) in [5.41, 5.74) is -0.247. The van der Waals surface area contributed by atoms with Crippen molar-refractivity contribution in [3.63, 3.8) is 0 Å². The lowest BCUT2D eigenvalue weighted by Gasteiger charge is -2.43. The zero-order valence-electron chi connectivity index (χ0n) is 12.1. The summed E-state index contributed by atoms with van der Waals surface area (Å²) < 4.78 is 0. The van der Waals surface area contributed by atoms with Crippen molar-refractivity contribution in [1.29, 1.82) is 0 Å². The highest BCUT2D eigenvalue weighted by atomic mass is 16.3. The van der Waals surface area contributed by atoms with Crippen LogP contribution in [0.4, 0.5) is 0 Å². The van der Waals surface area contributed by atoms with Crippen LogP contribution in [0.15, 0.2) is 0 Å². The van der Waals surface area contributed by atoms with Gasteiger partial charge in [0.1, 0.15) is 0 Å². The van der Waals surface area contributed by atoms with Crippen molar-refractivity contribution in [3.8, 4) is 0 Å². The third-order valence-electron chi connectivity index (χ3n) is 3.85. The van der Waals surface area contributed by atoms with Gasteiger partial charge in [-0.05, 0) is 31.6 Å². The summed E-state index contributed by atoms with van der Waals surface area (Å²) in [6.45, 7) is 10.3. The van der Waals surface area contributed by atoms with Crippen LogP contribution in [0.5, 0.6) is 0 Å². The molecule has 6 heteroatoms. The van der Waals surface area contributed by atoms with Gasteiger partial charge < -0.3 is 5.11 Å². The number of likely N-dealkylation sites (N-methyl/N-ethyl adjacent to an activating group) is 1. The van der Waals surface area contributed by atoms with E-state index in [0.29, 0.717) is 12.2 Å². The maximum absolute atomic E-state index is 10.5. The van der Waals surface area contributed by atoms with Crippen LogP contribution in [0.1, 0.15) is 39.9 Å². The molecule has 0 aliphatic rings. The number of tetrazole rings is 1. The van der Waals surface area contributed by atoms with Crippen molar-refractivity contribution in [2.24, 2.45) is 7.05 Å². The zero-order chi connectivity index (χ0) is 13.8. The van der Waals surface area contributed by atoms with Crippen molar-refractivity contribution in [2.75, 3.05) is 13.1 Å². The number of aromatic nitrogens is 4. The first kappa shape index (κ1) is 15.0. The van der Waals surface area contributed by atoms with Gasteiger partial charge in [-0.25, -0.2) is 0 Å². The van der Waals surface area contributed by atoms with E-state index in [9.17, 15) is 5.11 Å². The largest absolute Gasteiger partial charge is 0.391 e. The lowest BCUT2D eigenvalue weighted by atomic mass is 9.87. The Morgan fingerprint density at radius 1 is 1.33 bits per heavy atom. The summed E-state index contributed by atoms with van der Waals surface area (Å²) >= 11 is 0. The van der Waals surface area contributed by atoms with Crippen LogP contribution < -0.4 is 0 Å². The Kier molecular flexibility index (Phi) is 5.22. The maximum Gasteiger partial charge on any atom is 0.177 e. The van der Waals surface area contributed by atoms with Crippen LogP contribution in [0.3, 0.4) is 0 Å². The smallest absolute Gasteiger partial charge is 0.177 e. The van der Waals surface area contributed by atoms with Gasteiger partial charge in [0.2, 0.25) is 0 Å². The van der Waals surface area contributed by atoms with Gasteiger partial charge in [-0.2, -0.15) is 4.80 Å². The second kappa shape index (κ2) is 6.24. The molecule has 0 bridgehead atoms. The van der Waals surface area contributed by atoms with E-state index in [4.69, 9.17) is 0 Å². The fourth-order valence-electron chi connectivity index (χ4n) is 2.41. The average molecular weight is 255 g/mol. The van der Waals surface area contributed by atoms with Gasteiger partial charge in [0, 0.05) is 12.0 Å². The molecular formula is C12H25N5O. The molecule has 0 aromatic carbocycles. The second-order valence-corrected chi connectivity index (χ2v) is 4.80. The molecule has 0 aliphatic heterocycles. The molecule has 0 radical (unpaired) electrons. The van der Waals surface area contributed by atoms with E-state index in [1.807, 2.05) is 0 Å². The van der Waals surface area contributed by atoms with Crippen LogP contribution in [-0.4, -0.2) is 54.9 Å². The average Bonchev–Trinajstić information content (AvgIpc) is 2.75. The Labute approximate surface area is 109 Å². The summed E-state index contributed by atoms with van der Waals surface area (Å²) in [7, 11) is 1.73. The lowest BCUT2D eigenvalue weighted by Crippen LogP contribution is -2.55. The van der Waals surface area contributed by atoms with E-state index >= 15 is 0 Å². The van der Waals surface area contributed by atoms with Crippen LogP contribution in [0.25, 0.3) is 0 Å². The molecular weight excluding hydrogens is 230 g/mol. The molecule has 2 unspecified atom stereocenters. The number of aliphatic hydroxyl groups excluding tert-OH is 1. The highest BCUT2D eigenvalue weighted by Crippen LogP contribution is 2.25. The maximum atomic E-state index is 10.5. The Balaban J connectivity index is 2.80. The monoisotopic (exact) mass is 255 g/mol. The molecule has 6 nitrogen and oxygen atoms in total. The SMILES string of the molecule is CCN(CC)C(C)(CC)C(O)Cc1nnn(C)n1. The molecule has 0 amide bonds. The highest BCUT2D eigenvalue weighted by molar-refractivity contribution is 4.96. The van der Waals surface area contributed by atoms with Crippen LogP contribution in [0, 0.1) is 0 Å². The molecule has 0 saturated carbocycles. The number of aryl methyl sites for hydroxylation is 1. The van der Waals surface area contributed by atoms with Crippen LogP contribution in [0.2, 0.25) is 0 Å². The van der Waals surface area contributed by atoms with Gasteiger partial charge in [0.15, 0.2) is 5.82 Å². The quantitative estimate of drug-likeness (QED) is 0.774. The fraction of sp³-hybridized carbons (Fsp3) is 0.917. The van der Waals surface area contributed by atoms with Gasteiger partial charge in [-0.1, -0.05) is 20.8 Å². The number of rotatable bonds is 7. The normalized spacial score (nSPS) is 16.8. The second-order valence-electron chi connectivity index (χ2n) is 4.80. The topological polar surface area (TPSA) is 67.1 Å². The van der Waals surface area contributed by atoms with Gasteiger partial charge in [-0.3, -0.25) is 4.90 Å². The van der Waals surface area contributed by atoms with Gasteiger partial charge >= 0.3 is 0 Å². The highest BCUT2D eigenvalue weighted by Gasteiger charge is 2.36. The lowest BCUT2D eigenvalue weighted by molar-refractivity contribution is -0.0200. The first-order chi connectivity index (χ1) is 8.47. The molecule has 1 aromatic rings. The van der Waals surface area contributed by atoms with E-state index in [2.05, 4.69) is 48.0 Å². The number of aliphatic hydroxyl groups is 1. The third-order valence-corrected chi connectivity index (χ3v) is 3.85. The summed E-state index contributed by atoms with van der Waals surface area (Å²) in [6.07, 6.45) is 0.830. The van der Waals surface area contributed by atoms with Crippen molar-refractivity contribution in [2.45, 2.75) is 52.2 Å². The zero-order valence-corrected chi connectivity index (χ0v) is 12.1. The molecule has 104 valence electrons. The van der Waals surface area contributed by atoms with Crippen LogP contribution >= 0.6 is 0 Å². The predicted molar refractivity (Wildman–Crippen MR) is 70.1 cm³/mol. The minimum atomic E-state index is -0.494. The van der Waals surface area contributed by atoms with Gasteiger partial charge in [0.25, 0.3) is 0 Å². The molecule has 1 heterocycles. The number of hydrogen-bond acceptors (Lipinski definition) is 5. The van der Waals surface area contributed by atoms with Crippen LogP contribution in [-0.2, 0) is 13.5 Å². The summed E-state index contributed by atoms with van der Waals surface area (Å²) in [4.78, 5) is 3.71. The molecule has 1 aromatic heterocycles. The molecule has 0 aliphatic carbocycles. The Bertz CT molecular complexity index is 363. The van der Waals surface area contributed by atoms with E-state index in [1.165, 1.54) is 4.80 Å². The first-order valence-corrected chi connectivity index (χ1v) is 6.63. The third kappa shape index (κ3) is 3.05. The summed E-state index contributed by atoms with van der Waals surface area (Å²) in [6, 6.07) is 0. The fourth-order valence-corrected chi connectivity index (χ4v) is 2.41. The molecule has 0 spiro atoms. The molecule has 0 fully saturated rings. The van der Waals surface area contributed by atoms with E-state index < -0.39 is 6.10 Å². The van der Waals surface area contributed by atoms with E-state index in [-0.39, 0.29) is 5.54 Å². The molecule has 2 atom stereocenters. The Morgan fingerprint density at radius 3 is 2.33 bits per heavy atom. The Hall–Kier alpha value is -1.01. The van der Waals surface area contributed by atoms with Crippen molar-refractivity contribution >= 4 is 0 Å².